The summed E-state index contributed by atoms with van der Waals surface area (Å²) in [4.78, 5) is 23.9. The van der Waals surface area contributed by atoms with Gasteiger partial charge in [0.2, 0.25) is 0 Å². The van der Waals surface area contributed by atoms with E-state index in [1.54, 1.807) is 12.1 Å². The molecule has 2 N–H and O–H groups in total. The van der Waals surface area contributed by atoms with Gasteiger partial charge in [-0.25, -0.2) is 13.2 Å². The number of hydrogen-bond acceptors (Lipinski definition) is 5. The van der Waals surface area contributed by atoms with E-state index in [9.17, 15) is 18.0 Å². The molecule has 0 aromatic heterocycles. The van der Waals surface area contributed by atoms with Crippen LogP contribution < -0.4 is 10.0 Å². The first-order chi connectivity index (χ1) is 13.2. The van der Waals surface area contributed by atoms with E-state index in [4.69, 9.17) is 4.74 Å². The summed E-state index contributed by atoms with van der Waals surface area (Å²) < 4.78 is 33.0. The number of esters is 1. The maximum Gasteiger partial charge on any atom is 0.338 e. The van der Waals surface area contributed by atoms with E-state index >= 15 is 0 Å². The zero-order valence-electron chi connectivity index (χ0n) is 15.0. The zero-order valence-corrected chi connectivity index (χ0v) is 17.4. The second-order valence-corrected chi connectivity index (χ2v) is 8.32. The Kier molecular flexibility index (Phi) is 7.36. The number of carbonyl (C=O) groups is 2. The summed E-state index contributed by atoms with van der Waals surface area (Å²) >= 11 is 3.25. The molecule has 2 aromatic carbocycles. The minimum atomic E-state index is -3.75. The average molecular weight is 467 g/mol. The minimum Gasteiger partial charge on any atom is -0.449 e. The summed E-state index contributed by atoms with van der Waals surface area (Å²) in [5.41, 5.74) is 0.478. The smallest absolute Gasteiger partial charge is 0.338 e. The molecule has 1 amide bonds. The number of rotatable bonds is 8. The lowest BCUT2D eigenvalue weighted by molar-refractivity contribution is -0.128. The molecule has 0 aliphatic carbocycles. The Morgan fingerprint density at radius 3 is 2.32 bits per heavy atom. The van der Waals surface area contributed by atoms with Gasteiger partial charge >= 0.3 is 5.97 Å². The largest absolute Gasteiger partial charge is 0.449 e. The van der Waals surface area contributed by atoms with Crippen LogP contribution in [0.2, 0.25) is 0 Å². The molecular weight excluding hydrogens is 448 g/mol. The highest BCUT2D eigenvalue weighted by Gasteiger charge is 2.19. The van der Waals surface area contributed by atoms with Gasteiger partial charge in [0.25, 0.3) is 15.9 Å². The molecule has 0 aliphatic heterocycles. The third-order valence-corrected chi connectivity index (χ3v) is 5.50. The third kappa shape index (κ3) is 5.93. The van der Waals surface area contributed by atoms with E-state index in [0.29, 0.717) is 0 Å². The molecule has 28 heavy (non-hydrogen) atoms. The Bertz CT molecular complexity index is 957. The van der Waals surface area contributed by atoms with Crippen LogP contribution in [0.5, 0.6) is 0 Å². The highest BCUT2D eigenvalue weighted by molar-refractivity contribution is 9.10. The minimum absolute atomic E-state index is 0.110. The van der Waals surface area contributed by atoms with E-state index in [0.717, 1.165) is 4.47 Å². The van der Waals surface area contributed by atoms with Gasteiger partial charge in [-0.05, 0) is 55.5 Å². The molecule has 0 saturated carbocycles. The van der Waals surface area contributed by atoms with Crippen molar-refractivity contribution in [2.24, 2.45) is 0 Å². The lowest BCUT2D eigenvalue weighted by atomic mass is 10.2. The molecule has 0 fully saturated rings. The Hall–Kier alpha value is -2.65. The van der Waals surface area contributed by atoms with Crippen LogP contribution in [-0.4, -0.2) is 32.9 Å². The molecule has 2 rings (SSSR count). The van der Waals surface area contributed by atoms with Gasteiger partial charge in [0.1, 0.15) is 0 Å². The monoisotopic (exact) mass is 466 g/mol. The zero-order chi connectivity index (χ0) is 20.7. The quantitative estimate of drug-likeness (QED) is 0.459. The van der Waals surface area contributed by atoms with Crippen molar-refractivity contribution in [2.75, 3.05) is 11.3 Å². The molecule has 148 valence electrons. The fraction of sp³-hybridized carbons (Fsp3) is 0.158. The second kappa shape index (κ2) is 9.52. The number of nitrogens with one attached hydrogen (secondary N) is 2. The van der Waals surface area contributed by atoms with Gasteiger partial charge in [-0.15, -0.1) is 6.58 Å². The number of benzene rings is 2. The van der Waals surface area contributed by atoms with Crippen molar-refractivity contribution in [2.45, 2.75) is 17.9 Å². The highest BCUT2D eigenvalue weighted by atomic mass is 79.9. The molecule has 0 radical (unpaired) electrons. The van der Waals surface area contributed by atoms with E-state index in [1.165, 1.54) is 49.4 Å². The predicted molar refractivity (Wildman–Crippen MR) is 109 cm³/mol. The van der Waals surface area contributed by atoms with Crippen molar-refractivity contribution in [3.63, 3.8) is 0 Å². The number of ether oxygens (including phenoxy) is 1. The highest BCUT2D eigenvalue weighted by Crippen LogP contribution is 2.19. The van der Waals surface area contributed by atoms with Gasteiger partial charge in [-0.3, -0.25) is 9.52 Å². The summed E-state index contributed by atoms with van der Waals surface area (Å²) in [6.07, 6.45) is 0.545. The van der Waals surface area contributed by atoms with Crippen molar-refractivity contribution < 1.29 is 22.7 Å². The predicted octanol–water partition coefficient (Wildman–Crippen LogP) is 3.10. The maximum absolute atomic E-state index is 12.4. The van der Waals surface area contributed by atoms with Crippen LogP contribution in [0.3, 0.4) is 0 Å². The molecule has 7 nitrogen and oxygen atoms in total. The lowest BCUT2D eigenvalue weighted by Gasteiger charge is -2.13. The Morgan fingerprint density at radius 2 is 1.75 bits per heavy atom. The molecule has 1 unspecified atom stereocenters. The van der Waals surface area contributed by atoms with Crippen LogP contribution in [0.15, 0.2) is 70.6 Å². The Labute approximate surface area is 172 Å². The van der Waals surface area contributed by atoms with Gasteiger partial charge in [0.15, 0.2) is 6.10 Å². The van der Waals surface area contributed by atoms with Gasteiger partial charge in [-0.2, -0.15) is 0 Å². The van der Waals surface area contributed by atoms with Crippen LogP contribution in [0, 0.1) is 0 Å². The molecule has 0 bridgehead atoms. The van der Waals surface area contributed by atoms with Gasteiger partial charge in [0, 0.05) is 16.7 Å². The van der Waals surface area contributed by atoms with Crippen LogP contribution in [0.4, 0.5) is 5.69 Å². The number of halogens is 1. The SMILES string of the molecule is C=CCNC(=O)C(C)OC(=O)c1ccc(NS(=O)(=O)c2ccc(Br)cc2)cc1. The third-order valence-electron chi connectivity index (χ3n) is 3.57. The molecule has 0 heterocycles. The van der Waals surface area contributed by atoms with Gasteiger partial charge in [-0.1, -0.05) is 22.0 Å². The second-order valence-electron chi connectivity index (χ2n) is 5.72. The standard InChI is InChI=1S/C19H19BrN2O5S/c1-3-12-21-18(23)13(2)27-19(24)14-4-8-16(9-5-14)22-28(25,26)17-10-6-15(20)7-11-17/h3-11,13,22H,1,12H2,2H3,(H,21,23). The summed E-state index contributed by atoms with van der Waals surface area (Å²) in [6, 6.07) is 11.9. The molecule has 0 aliphatic rings. The molecule has 1 atom stereocenters. The summed E-state index contributed by atoms with van der Waals surface area (Å²) in [5, 5.41) is 2.53. The molecule has 0 saturated heterocycles. The van der Waals surface area contributed by atoms with Crippen LogP contribution in [-0.2, 0) is 19.6 Å². The summed E-state index contributed by atoms with van der Waals surface area (Å²) in [5.74, 6) is -1.13. The number of carbonyl (C=O) groups excluding carboxylic acids is 2. The van der Waals surface area contributed by atoms with Crippen LogP contribution in [0.25, 0.3) is 0 Å². The molecule has 9 heteroatoms. The van der Waals surface area contributed by atoms with Gasteiger partial charge < -0.3 is 10.1 Å². The normalized spacial score (nSPS) is 11.9. The molecular formula is C19H19BrN2O5S. The topological polar surface area (TPSA) is 102 Å². The van der Waals surface area contributed by atoms with Crippen molar-refractivity contribution in [3.8, 4) is 0 Å². The van der Waals surface area contributed by atoms with Crippen molar-refractivity contribution in [3.05, 3.63) is 71.2 Å². The first-order valence-electron chi connectivity index (χ1n) is 8.21. The van der Waals surface area contributed by atoms with Crippen LogP contribution >= 0.6 is 15.9 Å². The Balaban J connectivity index is 2.02. The van der Waals surface area contributed by atoms with Crippen LogP contribution in [0.1, 0.15) is 17.3 Å². The fourth-order valence-corrected chi connectivity index (χ4v) is 3.42. The first-order valence-corrected chi connectivity index (χ1v) is 10.5. The van der Waals surface area contributed by atoms with Crippen molar-refractivity contribution in [1.29, 1.82) is 0 Å². The maximum atomic E-state index is 12.4. The summed E-state index contributed by atoms with van der Waals surface area (Å²) in [7, 11) is -3.75. The lowest BCUT2D eigenvalue weighted by Crippen LogP contribution is -2.35. The van der Waals surface area contributed by atoms with Crippen molar-refractivity contribution in [1.82, 2.24) is 5.32 Å². The van der Waals surface area contributed by atoms with E-state index in [2.05, 4.69) is 32.5 Å². The average Bonchev–Trinajstić information content (AvgIpc) is 2.66. The number of hydrogen-bond donors (Lipinski definition) is 2. The number of anilines is 1. The number of sulfonamides is 1. The molecule has 0 spiro atoms. The van der Waals surface area contributed by atoms with E-state index in [1.807, 2.05) is 0 Å². The van der Waals surface area contributed by atoms with E-state index < -0.39 is 28.0 Å². The fourth-order valence-electron chi connectivity index (χ4n) is 2.10. The van der Waals surface area contributed by atoms with E-state index in [-0.39, 0.29) is 22.7 Å². The number of amides is 1. The van der Waals surface area contributed by atoms with Crippen molar-refractivity contribution >= 4 is 43.5 Å². The molecule has 2 aromatic rings. The van der Waals surface area contributed by atoms with Gasteiger partial charge in [0.05, 0.1) is 10.5 Å². The first kappa shape index (κ1) is 21.6. The Morgan fingerprint density at radius 1 is 1.14 bits per heavy atom. The summed E-state index contributed by atoms with van der Waals surface area (Å²) in [6.45, 7) is 5.21.